The molecule has 4 N–H and O–H groups in total. The fourth-order valence-corrected chi connectivity index (χ4v) is 1.84. The molecule has 0 aliphatic rings. The average molecular weight is 314 g/mol. The molecular weight excluding hydrogens is 301 g/mol. The Morgan fingerprint density at radius 2 is 2.09 bits per heavy atom. The fourth-order valence-electron chi connectivity index (χ4n) is 1.84. The molecule has 0 saturated carbocycles. The Morgan fingerprint density at radius 1 is 1.36 bits per heavy atom. The summed E-state index contributed by atoms with van der Waals surface area (Å²) in [5.74, 6) is 0. The molecule has 1 atom stereocenters. The number of nitrogens with zero attached hydrogens (tertiary/aromatic N) is 1. The highest BCUT2D eigenvalue weighted by molar-refractivity contribution is 5.88. The Balaban J connectivity index is 1.98. The summed E-state index contributed by atoms with van der Waals surface area (Å²) in [6.07, 6.45) is -3.27. The van der Waals surface area contributed by atoms with Gasteiger partial charge in [-0.2, -0.15) is 18.3 Å². The van der Waals surface area contributed by atoms with Gasteiger partial charge >= 0.3 is 12.2 Å². The van der Waals surface area contributed by atoms with E-state index < -0.39 is 23.9 Å². The number of aromatic nitrogens is 2. The molecule has 0 aliphatic heterocycles. The highest BCUT2D eigenvalue weighted by Crippen LogP contribution is 2.34. The number of carbonyl (C=O) groups is 1. The molecule has 6 nitrogen and oxygen atoms in total. The minimum Gasteiger partial charge on any atom is -0.387 e. The van der Waals surface area contributed by atoms with Gasteiger partial charge in [-0.05, 0) is 11.6 Å². The summed E-state index contributed by atoms with van der Waals surface area (Å²) in [5, 5.41) is 20.7. The molecule has 2 amide bonds. The second-order valence-electron chi connectivity index (χ2n) is 4.42. The molecule has 0 bridgehead atoms. The lowest BCUT2D eigenvalue weighted by Gasteiger charge is -2.17. The Bertz CT molecular complexity index is 628. The summed E-state index contributed by atoms with van der Waals surface area (Å²) in [6.45, 7) is -0.364. The number of hydrogen-bond donors (Lipinski definition) is 4. The molecule has 0 radical (unpaired) electrons. The van der Waals surface area contributed by atoms with Gasteiger partial charge in [-0.1, -0.05) is 18.2 Å². The van der Waals surface area contributed by atoms with Crippen molar-refractivity contribution in [1.82, 2.24) is 15.5 Å². The molecule has 1 aromatic carbocycles. The number of aliphatic hydroxyl groups excluding tert-OH is 1. The van der Waals surface area contributed by atoms with E-state index in [1.165, 1.54) is 30.6 Å². The number of urea groups is 1. The number of amides is 2. The van der Waals surface area contributed by atoms with E-state index >= 15 is 0 Å². The van der Waals surface area contributed by atoms with Gasteiger partial charge in [0.1, 0.15) is 0 Å². The van der Waals surface area contributed by atoms with Crippen molar-refractivity contribution < 1.29 is 23.1 Å². The summed E-state index contributed by atoms with van der Waals surface area (Å²) < 4.78 is 38.5. The Labute approximate surface area is 123 Å². The average Bonchev–Trinajstić information content (AvgIpc) is 2.96. The van der Waals surface area contributed by atoms with Crippen LogP contribution in [0.2, 0.25) is 0 Å². The van der Waals surface area contributed by atoms with Crippen LogP contribution in [0.1, 0.15) is 17.2 Å². The lowest BCUT2D eigenvalue weighted by molar-refractivity contribution is -0.139. The van der Waals surface area contributed by atoms with E-state index in [0.717, 1.165) is 6.07 Å². The summed E-state index contributed by atoms with van der Waals surface area (Å²) >= 11 is 0. The standard InChI is InChI=1S/C13H13F3N4O2/c14-13(15,16)10-4-2-1-3-9(10)11(21)7-17-12(22)20-8-5-18-19-6-8/h1-6,11,21H,7H2,(H,18,19)(H2,17,20,22). The number of aromatic amines is 1. The van der Waals surface area contributed by atoms with Crippen molar-refractivity contribution in [3.05, 3.63) is 47.8 Å². The number of rotatable bonds is 4. The second kappa shape index (κ2) is 6.48. The van der Waals surface area contributed by atoms with Crippen LogP contribution in [-0.2, 0) is 6.18 Å². The zero-order valence-electron chi connectivity index (χ0n) is 11.2. The maximum atomic E-state index is 12.8. The van der Waals surface area contributed by atoms with Crippen LogP contribution >= 0.6 is 0 Å². The van der Waals surface area contributed by atoms with Crippen LogP contribution in [0.3, 0.4) is 0 Å². The van der Waals surface area contributed by atoms with Crippen molar-refractivity contribution in [2.45, 2.75) is 12.3 Å². The molecule has 0 saturated heterocycles. The van der Waals surface area contributed by atoms with Gasteiger partial charge in [-0.25, -0.2) is 4.79 Å². The molecule has 0 spiro atoms. The zero-order chi connectivity index (χ0) is 16.2. The minimum absolute atomic E-state index is 0.293. The van der Waals surface area contributed by atoms with Gasteiger partial charge in [-0.3, -0.25) is 5.10 Å². The number of benzene rings is 1. The SMILES string of the molecule is O=C(NCC(O)c1ccccc1C(F)(F)F)Nc1cn[nH]c1. The highest BCUT2D eigenvalue weighted by atomic mass is 19.4. The molecule has 1 unspecified atom stereocenters. The number of carbonyl (C=O) groups excluding carboxylic acids is 1. The topological polar surface area (TPSA) is 90.0 Å². The van der Waals surface area contributed by atoms with Crippen molar-refractivity contribution in [2.24, 2.45) is 0 Å². The Morgan fingerprint density at radius 3 is 2.73 bits per heavy atom. The van der Waals surface area contributed by atoms with E-state index in [0.29, 0.717) is 5.69 Å². The predicted molar refractivity (Wildman–Crippen MR) is 72.0 cm³/mol. The van der Waals surface area contributed by atoms with Crippen LogP contribution in [0.15, 0.2) is 36.7 Å². The minimum atomic E-state index is -4.57. The van der Waals surface area contributed by atoms with Crippen LogP contribution in [-0.4, -0.2) is 27.9 Å². The molecule has 2 aromatic rings. The van der Waals surface area contributed by atoms with Gasteiger partial charge in [0.05, 0.1) is 23.6 Å². The number of halogens is 3. The van der Waals surface area contributed by atoms with Gasteiger partial charge in [0, 0.05) is 12.7 Å². The first-order chi connectivity index (χ1) is 10.4. The Hall–Kier alpha value is -2.55. The monoisotopic (exact) mass is 314 g/mol. The molecule has 0 fully saturated rings. The number of H-pyrrole nitrogens is 1. The summed E-state index contributed by atoms with van der Waals surface area (Å²) in [4.78, 5) is 11.5. The quantitative estimate of drug-likeness (QED) is 0.698. The predicted octanol–water partition coefficient (Wildman–Crippen LogP) is 2.28. The van der Waals surface area contributed by atoms with E-state index in [-0.39, 0.29) is 12.1 Å². The first-order valence-corrected chi connectivity index (χ1v) is 6.25. The zero-order valence-corrected chi connectivity index (χ0v) is 11.2. The molecular formula is C13H13F3N4O2. The molecule has 2 rings (SSSR count). The number of aliphatic hydroxyl groups is 1. The second-order valence-corrected chi connectivity index (χ2v) is 4.42. The summed E-state index contributed by atoms with van der Waals surface area (Å²) in [6, 6.07) is 4.01. The maximum absolute atomic E-state index is 12.8. The van der Waals surface area contributed by atoms with E-state index in [9.17, 15) is 23.1 Å². The van der Waals surface area contributed by atoms with Gasteiger partial charge in [0.15, 0.2) is 0 Å². The van der Waals surface area contributed by atoms with Crippen molar-refractivity contribution in [1.29, 1.82) is 0 Å². The third-order valence-electron chi connectivity index (χ3n) is 2.84. The molecule has 1 aromatic heterocycles. The van der Waals surface area contributed by atoms with E-state index in [1.807, 2.05) is 0 Å². The van der Waals surface area contributed by atoms with Crippen molar-refractivity contribution in [3.8, 4) is 0 Å². The van der Waals surface area contributed by atoms with Gasteiger partial charge in [0.2, 0.25) is 0 Å². The van der Waals surface area contributed by atoms with Gasteiger partial charge in [0.25, 0.3) is 0 Å². The number of anilines is 1. The van der Waals surface area contributed by atoms with Gasteiger partial charge in [-0.15, -0.1) is 0 Å². The van der Waals surface area contributed by atoms with Crippen molar-refractivity contribution in [3.63, 3.8) is 0 Å². The number of hydrogen-bond acceptors (Lipinski definition) is 3. The molecule has 0 aliphatic carbocycles. The smallest absolute Gasteiger partial charge is 0.387 e. The van der Waals surface area contributed by atoms with Crippen LogP contribution in [0.5, 0.6) is 0 Å². The number of alkyl halides is 3. The van der Waals surface area contributed by atoms with Crippen LogP contribution in [0, 0.1) is 0 Å². The third kappa shape index (κ3) is 3.98. The molecule has 22 heavy (non-hydrogen) atoms. The summed E-state index contributed by atoms with van der Waals surface area (Å²) in [5.41, 5.74) is -0.833. The first kappa shape index (κ1) is 15.8. The van der Waals surface area contributed by atoms with Crippen LogP contribution in [0.25, 0.3) is 0 Å². The molecule has 118 valence electrons. The maximum Gasteiger partial charge on any atom is 0.416 e. The van der Waals surface area contributed by atoms with Crippen LogP contribution < -0.4 is 10.6 Å². The van der Waals surface area contributed by atoms with Crippen LogP contribution in [0.4, 0.5) is 23.7 Å². The van der Waals surface area contributed by atoms with Crippen molar-refractivity contribution in [2.75, 3.05) is 11.9 Å². The number of nitrogens with one attached hydrogen (secondary N) is 3. The lowest BCUT2D eigenvalue weighted by Crippen LogP contribution is -2.32. The lowest BCUT2D eigenvalue weighted by atomic mass is 10.0. The normalized spacial score (nSPS) is 12.7. The first-order valence-electron chi connectivity index (χ1n) is 6.25. The summed E-state index contributed by atoms with van der Waals surface area (Å²) in [7, 11) is 0. The van der Waals surface area contributed by atoms with Gasteiger partial charge < -0.3 is 15.7 Å². The van der Waals surface area contributed by atoms with E-state index in [2.05, 4.69) is 20.8 Å². The largest absolute Gasteiger partial charge is 0.416 e. The molecule has 9 heteroatoms. The fraction of sp³-hybridized carbons (Fsp3) is 0.231. The Kier molecular flexibility index (Phi) is 4.66. The van der Waals surface area contributed by atoms with Crippen molar-refractivity contribution >= 4 is 11.7 Å². The van der Waals surface area contributed by atoms with E-state index in [4.69, 9.17) is 0 Å². The van der Waals surface area contributed by atoms with E-state index in [1.54, 1.807) is 0 Å². The third-order valence-corrected chi connectivity index (χ3v) is 2.84. The molecule has 1 heterocycles. The highest BCUT2D eigenvalue weighted by Gasteiger charge is 2.34.